The zero-order valence-corrected chi connectivity index (χ0v) is 16.1. The summed E-state index contributed by atoms with van der Waals surface area (Å²) in [5.41, 5.74) is 8.19. The molecule has 0 bridgehead atoms. The molecule has 2 heterocycles. The van der Waals surface area contributed by atoms with E-state index < -0.39 is 0 Å². The number of amides is 1. The number of fused-ring (bicyclic) bond motifs is 1. The van der Waals surface area contributed by atoms with Crippen molar-refractivity contribution < 1.29 is 9.18 Å². The number of aromatic nitrogens is 1. The van der Waals surface area contributed by atoms with Crippen LogP contribution < -0.4 is 11.1 Å². The van der Waals surface area contributed by atoms with Gasteiger partial charge in [-0.3, -0.25) is 10.2 Å². The molecule has 6 nitrogen and oxygen atoms in total. The van der Waals surface area contributed by atoms with Gasteiger partial charge in [0.1, 0.15) is 18.2 Å². The van der Waals surface area contributed by atoms with E-state index in [9.17, 15) is 9.18 Å². The number of nitrogens with one attached hydrogen (secondary N) is 2. The average Bonchev–Trinajstić information content (AvgIpc) is 3.12. The number of nitrogens with zero attached hydrogens (tertiary/aromatic N) is 2. The van der Waals surface area contributed by atoms with Crippen LogP contribution in [0.2, 0.25) is 0 Å². The van der Waals surface area contributed by atoms with Gasteiger partial charge in [-0.15, -0.1) is 0 Å². The smallest absolute Gasteiger partial charge is 0.242 e. The summed E-state index contributed by atoms with van der Waals surface area (Å²) < 4.78 is 15.1. The largest absolute Gasteiger partial charge is 0.384 e. The maximum absolute atomic E-state index is 13.2. The molecule has 1 amide bonds. The van der Waals surface area contributed by atoms with Gasteiger partial charge in [-0.25, -0.2) is 4.39 Å². The highest BCUT2D eigenvalue weighted by molar-refractivity contribution is 5.98. The molecule has 0 spiro atoms. The number of amidine groups is 1. The molecule has 150 valence electrons. The second-order valence-corrected chi connectivity index (χ2v) is 7.41. The number of hydrogen-bond donors (Lipinski definition) is 3. The summed E-state index contributed by atoms with van der Waals surface area (Å²) in [7, 11) is 0. The molecule has 0 aliphatic carbocycles. The van der Waals surface area contributed by atoms with Crippen LogP contribution in [-0.4, -0.2) is 46.9 Å². The zero-order chi connectivity index (χ0) is 20.4. The molecule has 1 aromatic heterocycles. The number of carbonyl (C=O) groups excluding carboxylic acids is 1. The average molecular weight is 393 g/mol. The highest BCUT2D eigenvalue weighted by Gasteiger charge is 2.27. The van der Waals surface area contributed by atoms with E-state index in [1.54, 1.807) is 18.2 Å². The number of rotatable bonds is 5. The Bertz CT molecular complexity index is 1040. The molecule has 1 atom stereocenters. The third-order valence-electron chi connectivity index (χ3n) is 5.44. The van der Waals surface area contributed by atoms with Gasteiger partial charge in [0.2, 0.25) is 5.91 Å². The lowest BCUT2D eigenvalue weighted by Gasteiger charge is -2.36. The summed E-state index contributed by atoms with van der Waals surface area (Å²) in [4.78, 5) is 15.0. The lowest BCUT2D eigenvalue weighted by molar-refractivity contribution is -0.134. The fraction of sp³-hybridized carbons (Fsp3) is 0.273. The predicted octanol–water partition coefficient (Wildman–Crippen LogP) is 2.11. The van der Waals surface area contributed by atoms with E-state index >= 15 is 0 Å². The van der Waals surface area contributed by atoms with E-state index in [2.05, 4.69) is 5.32 Å². The summed E-state index contributed by atoms with van der Waals surface area (Å²) in [6.07, 6.45) is 2.58. The molecular weight excluding hydrogens is 369 g/mol. The van der Waals surface area contributed by atoms with Crippen LogP contribution in [-0.2, 0) is 17.8 Å². The Morgan fingerprint density at radius 2 is 2.00 bits per heavy atom. The fourth-order valence-corrected chi connectivity index (χ4v) is 3.91. The van der Waals surface area contributed by atoms with E-state index in [-0.39, 0.29) is 30.1 Å². The minimum atomic E-state index is -0.254. The van der Waals surface area contributed by atoms with Crippen LogP contribution >= 0.6 is 0 Å². The second kappa shape index (κ2) is 8.05. The van der Waals surface area contributed by atoms with Crippen LogP contribution in [0.4, 0.5) is 4.39 Å². The monoisotopic (exact) mass is 393 g/mol. The van der Waals surface area contributed by atoms with Crippen LogP contribution in [0.25, 0.3) is 10.9 Å². The van der Waals surface area contributed by atoms with Crippen molar-refractivity contribution in [3.63, 3.8) is 0 Å². The normalized spacial score (nSPS) is 16.9. The first-order valence-electron chi connectivity index (χ1n) is 9.69. The van der Waals surface area contributed by atoms with Crippen molar-refractivity contribution in [1.29, 1.82) is 5.41 Å². The molecule has 3 aromatic rings. The van der Waals surface area contributed by atoms with E-state index in [1.165, 1.54) is 12.1 Å². The number of benzene rings is 2. The third kappa shape index (κ3) is 4.14. The molecule has 29 heavy (non-hydrogen) atoms. The molecule has 0 radical (unpaired) electrons. The number of nitrogen functional groups attached to an aromatic ring is 1. The van der Waals surface area contributed by atoms with Crippen molar-refractivity contribution in [1.82, 2.24) is 14.8 Å². The minimum absolute atomic E-state index is 0.0279. The number of piperazine rings is 1. The van der Waals surface area contributed by atoms with Gasteiger partial charge in [0.05, 0.1) is 0 Å². The SMILES string of the molecule is N=C(N)c1ccc2c(ccn2CC(=O)N2CCNCC2Cc2ccc(F)cc2)c1. The standard InChI is InChI=1S/C22H24FN5O/c23-18-4-1-15(2-5-18)11-19-13-26-8-10-28(19)21(29)14-27-9-7-16-12-17(22(24)25)3-6-20(16)27/h1-7,9,12,19,26H,8,10-11,13-14H2,(H3,24,25). The van der Waals surface area contributed by atoms with Gasteiger partial charge < -0.3 is 20.5 Å². The first-order chi connectivity index (χ1) is 14.0. The van der Waals surface area contributed by atoms with Crippen molar-refractivity contribution in [2.45, 2.75) is 19.0 Å². The summed E-state index contributed by atoms with van der Waals surface area (Å²) in [6.45, 7) is 2.39. The summed E-state index contributed by atoms with van der Waals surface area (Å²) in [6, 6.07) is 14.0. The number of hydrogen-bond acceptors (Lipinski definition) is 3. The van der Waals surface area contributed by atoms with Crippen LogP contribution in [0.15, 0.2) is 54.7 Å². The Kier molecular flexibility index (Phi) is 5.31. The van der Waals surface area contributed by atoms with Crippen molar-refractivity contribution in [3.8, 4) is 0 Å². The first-order valence-corrected chi connectivity index (χ1v) is 9.69. The Morgan fingerprint density at radius 3 is 2.76 bits per heavy atom. The summed E-state index contributed by atoms with van der Waals surface area (Å²) >= 11 is 0. The molecular formula is C22H24FN5O. The molecule has 7 heteroatoms. The van der Waals surface area contributed by atoms with E-state index in [1.807, 2.05) is 33.9 Å². The molecule has 0 saturated carbocycles. The number of carbonyl (C=O) groups is 1. The van der Waals surface area contributed by atoms with E-state index in [0.29, 0.717) is 18.5 Å². The topological polar surface area (TPSA) is 87.1 Å². The maximum Gasteiger partial charge on any atom is 0.242 e. The van der Waals surface area contributed by atoms with Crippen LogP contribution in [0.1, 0.15) is 11.1 Å². The Balaban J connectivity index is 1.50. The minimum Gasteiger partial charge on any atom is -0.384 e. The lowest BCUT2D eigenvalue weighted by Crippen LogP contribution is -2.55. The molecule has 1 fully saturated rings. The number of nitrogens with two attached hydrogens (primary N) is 1. The Hall–Kier alpha value is -3.19. The molecule has 1 aliphatic rings. The molecule has 1 saturated heterocycles. The van der Waals surface area contributed by atoms with Crippen molar-refractivity contribution in [2.75, 3.05) is 19.6 Å². The molecule has 4 rings (SSSR count). The van der Waals surface area contributed by atoms with Crippen molar-refractivity contribution in [2.24, 2.45) is 5.73 Å². The Morgan fingerprint density at radius 1 is 1.21 bits per heavy atom. The van der Waals surface area contributed by atoms with Crippen LogP contribution in [0, 0.1) is 11.2 Å². The number of halogens is 1. The predicted molar refractivity (Wildman–Crippen MR) is 111 cm³/mol. The van der Waals surface area contributed by atoms with Gasteiger partial charge in [-0.1, -0.05) is 12.1 Å². The highest BCUT2D eigenvalue weighted by atomic mass is 19.1. The van der Waals surface area contributed by atoms with Crippen LogP contribution in [0.5, 0.6) is 0 Å². The Labute approximate surface area is 168 Å². The van der Waals surface area contributed by atoms with Gasteiger partial charge in [0.25, 0.3) is 0 Å². The maximum atomic E-state index is 13.2. The van der Waals surface area contributed by atoms with Crippen LogP contribution in [0.3, 0.4) is 0 Å². The van der Waals surface area contributed by atoms with Crippen molar-refractivity contribution in [3.05, 3.63) is 71.7 Å². The van der Waals surface area contributed by atoms with Gasteiger partial charge >= 0.3 is 0 Å². The van der Waals surface area contributed by atoms with E-state index in [4.69, 9.17) is 11.1 Å². The molecule has 2 aromatic carbocycles. The third-order valence-corrected chi connectivity index (χ3v) is 5.44. The van der Waals surface area contributed by atoms with Crippen molar-refractivity contribution >= 4 is 22.6 Å². The summed E-state index contributed by atoms with van der Waals surface area (Å²) in [5, 5.41) is 11.9. The highest BCUT2D eigenvalue weighted by Crippen LogP contribution is 2.19. The fourth-order valence-electron chi connectivity index (χ4n) is 3.91. The zero-order valence-electron chi connectivity index (χ0n) is 16.1. The van der Waals surface area contributed by atoms with Gasteiger partial charge in [-0.2, -0.15) is 0 Å². The molecule has 4 N–H and O–H groups in total. The second-order valence-electron chi connectivity index (χ2n) is 7.41. The van der Waals surface area contributed by atoms with Gasteiger partial charge in [0.15, 0.2) is 0 Å². The molecule has 1 unspecified atom stereocenters. The quantitative estimate of drug-likeness (QED) is 0.458. The van der Waals surface area contributed by atoms with E-state index in [0.717, 1.165) is 29.6 Å². The lowest BCUT2D eigenvalue weighted by atomic mass is 10.0. The first kappa shape index (κ1) is 19.1. The van der Waals surface area contributed by atoms with Gasteiger partial charge in [-0.05, 0) is 48.4 Å². The summed E-state index contributed by atoms with van der Waals surface area (Å²) in [5.74, 6) is -0.164. The van der Waals surface area contributed by atoms with Gasteiger partial charge in [0, 0.05) is 48.3 Å². The molecule has 1 aliphatic heterocycles.